The number of carbonyl (C=O) groups is 1. The van der Waals surface area contributed by atoms with Crippen molar-refractivity contribution in [2.45, 2.75) is 13.8 Å². The van der Waals surface area contributed by atoms with E-state index >= 15 is 0 Å². The van der Waals surface area contributed by atoms with Gasteiger partial charge in [0.25, 0.3) is 5.91 Å². The summed E-state index contributed by atoms with van der Waals surface area (Å²) in [7, 11) is 0. The number of hydrazone groups is 1. The van der Waals surface area contributed by atoms with E-state index in [0.29, 0.717) is 10.8 Å². The summed E-state index contributed by atoms with van der Waals surface area (Å²) < 4.78 is 5.58. The Kier molecular flexibility index (Phi) is 6.87. The molecule has 0 saturated carbocycles. The lowest BCUT2D eigenvalue weighted by molar-refractivity contribution is -0.118. The molecule has 6 heteroatoms. The lowest BCUT2D eigenvalue weighted by Crippen LogP contribution is -2.20. The number of hydrogen-bond donors (Lipinski definition) is 2. The predicted octanol–water partition coefficient (Wildman–Crippen LogP) is 5.50. The third-order valence-corrected chi connectivity index (χ3v) is 4.51. The Morgan fingerprint density at radius 3 is 2.38 bits per heavy atom. The van der Waals surface area contributed by atoms with E-state index in [4.69, 9.17) is 16.3 Å². The minimum atomic E-state index is -0.201. The van der Waals surface area contributed by atoms with Gasteiger partial charge in [-0.1, -0.05) is 29.8 Å². The summed E-state index contributed by atoms with van der Waals surface area (Å²) in [5.74, 6) is 0.417. The molecule has 0 unspecified atom stereocenters. The van der Waals surface area contributed by atoms with Gasteiger partial charge >= 0.3 is 0 Å². The number of nitrogens with one attached hydrogen (secondary N) is 2. The number of para-hydroxylation sites is 1. The van der Waals surface area contributed by atoms with Crippen molar-refractivity contribution in [3.63, 3.8) is 0 Å². The van der Waals surface area contributed by atoms with Gasteiger partial charge in [-0.3, -0.25) is 10.2 Å². The second-order valence-electron chi connectivity index (χ2n) is 6.49. The summed E-state index contributed by atoms with van der Waals surface area (Å²) in [5, 5.41) is 7.90. The number of nitrogens with zero attached hydrogens (tertiary/aromatic N) is 1. The smallest absolute Gasteiger partial charge is 0.262 e. The van der Waals surface area contributed by atoms with Crippen LogP contribution in [0.4, 0.5) is 11.4 Å². The largest absolute Gasteiger partial charge is 0.484 e. The second-order valence-corrected chi connectivity index (χ2v) is 6.93. The van der Waals surface area contributed by atoms with E-state index in [2.05, 4.69) is 15.8 Å². The topological polar surface area (TPSA) is 62.7 Å². The van der Waals surface area contributed by atoms with Crippen LogP contribution in [-0.2, 0) is 4.79 Å². The van der Waals surface area contributed by atoms with Crippen molar-refractivity contribution in [3.05, 3.63) is 88.9 Å². The molecular formula is C23H22ClN3O2. The van der Waals surface area contributed by atoms with Crippen LogP contribution in [0.2, 0.25) is 5.02 Å². The average molecular weight is 408 g/mol. The summed E-state index contributed by atoms with van der Waals surface area (Å²) in [6.45, 7) is 3.80. The van der Waals surface area contributed by atoms with Crippen molar-refractivity contribution >= 4 is 34.6 Å². The minimum Gasteiger partial charge on any atom is -0.484 e. The molecule has 3 aromatic rings. The zero-order valence-electron chi connectivity index (χ0n) is 16.3. The van der Waals surface area contributed by atoms with Gasteiger partial charge in [-0.05, 0) is 79.6 Å². The Labute approximate surface area is 175 Å². The molecule has 0 atom stereocenters. The highest BCUT2D eigenvalue weighted by Crippen LogP contribution is 2.16. The zero-order valence-corrected chi connectivity index (χ0v) is 17.0. The van der Waals surface area contributed by atoms with E-state index in [1.165, 1.54) is 0 Å². The highest BCUT2D eigenvalue weighted by atomic mass is 35.5. The fourth-order valence-electron chi connectivity index (χ4n) is 2.58. The van der Waals surface area contributed by atoms with E-state index in [1.54, 1.807) is 12.1 Å². The summed E-state index contributed by atoms with van der Waals surface area (Å²) in [5.41, 5.74) is 7.42. The summed E-state index contributed by atoms with van der Waals surface area (Å²) in [4.78, 5) is 12.1. The standard InChI is InChI=1S/C23H22ClN3O2/c1-16-5-3-4-6-22(16)25-23(28)15-29-21-13-7-18(8-14-21)17(2)26-27-20-11-9-19(24)10-12-20/h3-14,27H,15H2,1-2H3,(H,25,28)/b26-17-. The van der Waals surface area contributed by atoms with Gasteiger partial charge in [0.2, 0.25) is 0 Å². The Hall–Kier alpha value is -3.31. The molecule has 0 aliphatic heterocycles. The van der Waals surface area contributed by atoms with Crippen LogP contribution in [0.15, 0.2) is 77.9 Å². The first-order valence-corrected chi connectivity index (χ1v) is 9.53. The number of amides is 1. The van der Waals surface area contributed by atoms with Gasteiger partial charge in [-0.2, -0.15) is 5.10 Å². The minimum absolute atomic E-state index is 0.0567. The molecule has 5 nitrogen and oxygen atoms in total. The van der Waals surface area contributed by atoms with Crippen LogP contribution in [0.1, 0.15) is 18.1 Å². The maximum Gasteiger partial charge on any atom is 0.262 e. The lowest BCUT2D eigenvalue weighted by atomic mass is 10.1. The van der Waals surface area contributed by atoms with Crippen molar-refractivity contribution in [2.24, 2.45) is 5.10 Å². The third-order valence-electron chi connectivity index (χ3n) is 4.26. The van der Waals surface area contributed by atoms with Gasteiger partial charge < -0.3 is 10.1 Å². The highest BCUT2D eigenvalue weighted by Gasteiger charge is 2.06. The van der Waals surface area contributed by atoms with E-state index in [-0.39, 0.29) is 12.5 Å². The summed E-state index contributed by atoms with van der Waals surface area (Å²) in [6, 6.07) is 22.4. The summed E-state index contributed by atoms with van der Waals surface area (Å²) >= 11 is 5.88. The van der Waals surface area contributed by atoms with Crippen LogP contribution >= 0.6 is 11.6 Å². The molecule has 148 valence electrons. The van der Waals surface area contributed by atoms with Gasteiger partial charge in [-0.25, -0.2) is 0 Å². The fourth-order valence-corrected chi connectivity index (χ4v) is 2.70. The zero-order chi connectivity index (χ0) is 20.6. The van der Waals surface area contributed by atoms with Crippen molar-refractivity contribution in [2.75, 3.05) is 17.3 Å². The summed E-state index contributed by atoms with van der Waals surface area (Å²) in [6.07, 6.45) is 0. The molecule has 1 amide bonds. The van der Waals surface area contributed by atoms with Crippen LogP contribution in [0, 0.1) is 6.92 Å². The average Bonchev–Trinajstić information content (AvgIpc) is 2.74. The first-order chi connectivity index (χ1) is 14.0. The van der Waals surface area contributed by atoms with Crippen LogP contribution in [0.3, 0.4) is 0 Å². The quantitative estimate of drug-likeness (QED) is 0.401. The van der Waals surface area contributed by atoms with E-state index in [0.717, 1.165) is 28.2 Å². The number of anilines is 2. The van der Waals surface area contributed by atoms with Gasteiger partial charge in [-0.15, -0.1) is 0 Å². The normalized spacial score (nSPS) is 11.1. The van der Waals surface area contributed by atoms with E-state index in [9.17, 15) is 4.79 Å². The van der Waals surface area contributed by atoms with Gasteiger partial charge in [0.15, 0.2) is 6.61 Å². The number of benzene rings is 3. The molecule has 0 heterocycles. The number of aryl methyl sites for hydroxylation is 1. The molecule has 0 aromatic heterocycles. The first kappa shape index (κ1) is 20.4. The molecule has 0 aliphatic rings. The lowest BCUT2D eigenvalue weighted by Gasteiger charge is -2.10. The van der Waals surface area contributed by atoms with Crippen molar-refractivity contribution in [1.82, 2.24) is 0 Å². The number of ether oxygens (including phenoxy) is 1. The highest BCUT2D eigenvalue weighted by molar-refractivity contribution is 6.30. The molecule has 3 aromatic carbocycles. The Morgan fingerprint density at radius 1 is 1.00 bits per heavy atom. The van der Waals surface area contributed by atoms with Gasteiger partial charge in [0, 0.05) is 10.7 Å². The Morgan fingerprint density at radius 2 is 1.69 bits per heavy atom. The molecule has 0 saturated heterocycles. The maximum absolute atomic E-state index is 12.1. The maximum atomic E-state index is 12.1. The molecule has 0 aliphatic carbocycles. The molecule has 3 rings (SSSR count). The molecule has 0 radical (unpaired) electrons. The number of halogens is 1. The van der Waals surface area contributed by atoms with E-state index in [1.807, 2.05) is 74.5 Å². The first-order valence-electron chi connectivity index (χ1n) is 9.16. The van der Waals surface area contributed by atoms with Crippen LogP contribution < -0.4 is 15.5 Å². The monoisotopic (exact) mass is 407 g/mol. The van der Waals surface area contributed by atoms with Crippen LogP contribution in [0.25, 0.3) is 0 Å². The number of carbonyl (C=O) groups excluding carboxylic acids is 1. The molecule has 0 spiro atoms. The molecule has 0 bridgehead atoms. The Bertz CT molecular complexity index is 999. The van der Waals surface area contributed by atoms with E-state index < -0.39 is 0 Å². The second kappa shape index (κ2) is 9.75. The molecule has 0 fully saturated rings. The van der Waals surface area contributed by atoms with Crippen molar-refractivity contribution in [3.8, 4) is 5.75 Å². The number of hydrogen-bond acceptors (Lipinski definition) is 4. The molecule has 29 heavy (non-hydrogen) atoms. The third kappa shape index (κ3) is 6.09. The fraction of sp³-hybridized carbons (Fsp3) is 0.130. The molecule has 2 N–H and O–H groups in total. The van der Waals surface area contributed by atoms with Crippen LogP contribution in [0.5, 0.6) is 5.75 Å². The predicted molar refractivity (Wildman–Crippen MR) is 119 cm³/mol. The molecular weight excluding hydrogens is 386 g/mol. The van der Waals surface area contributed by atoms with Crippen molar-refractivity contribution < 1.29 is 9.53 Å². The van der Waals surface area contributed by atoms with Gasteiger partial charge in [0.05, 0.1) is 11.4 Å². The van der Waals surface area contributed by atoms with Crippen molar-refractivity contribution in [1.29, 1.82) is 0 Å². The number of rotatable bonds is 7. The SMILES string of the molecule is C/C(=N/Nc1ccc(Cl)cc1)c1ccc(OCC(=O)Nc2ccccc2C)cc1. The Balaban J connectivity index is 1.52. The van der Waals surface area contributed by atoms with Crippen LogP contribution in [-0.4, -0.2) is 18.2 Å². The van der Waals surface area contributed by atoms with Gasteiger partial charge in [0.1, 0.15) is 5.75 Å².